The predicted octanol–water partition coefficient (Wildman–Crippen LogP) is 2.74. The summed E-state index contributed by atoms with van der Waals surface area (Å²) in [5, 5.41) is 0. The van der Waals surface area contributed by atoms with Crippen LogP contribution in [0.3, 0.4) is 0 Å². The van der Waals surface area contributed by atoms with Crippen LogP contribution in [0.4, 0.5) is 0 Å². The first-order valence-electron chi connectivity index (χ1n) is 10.2. The molecule has 1 saturated heterocycles. The van der Waals surface area contributed by atoms with E-state index in [1.165, 1.54) is 18.2 Å². The molecule has 1 atom stereocenters. The SMILES string of the molecule is Cc1ccc(S(C)(=O)=O)cc1S(=O)(=O)N[C@@H]1CCN(Cc2ccc(OC(C)C)cc2)C1. The number of nitrogens with one attached hydrogen (secondary N) is 1. The average Bonchev–Trinajstić information content (AvgIpc) is 3.08. The van der Waals surface area contributed by atoms with E-state index in [0.29, 0.717) is 18.5 Å². The molecule has 1 fully saturated rings. The second-order valence-corrected chi connectivity index (χ2v) is 12.1. The maximum absolute atomic E-state index is 12.9. The van der Waals surface area contributed by atoms with Gasteiger partial charge in [-0.2, -0.15) is 0 Å². The van der Waals surface area contributed by atoms with Gasteiger partial charge in [-0.25, -0.2) is 21.6 Å². The van der Waals surface area contributed by atoms with Crippen LogP contribution in [0.25, 0.3) is 0 Å². The van der Waals surface area contributed by atoms with Crippen molar-refractivity contribution in [2.24, 2.45) is 0 Å². The standard InChI is InChI=1S/C22H30N2O5S2/c1-16(2)29-20-8-6-18(7-9-20)14-24-12-11-19(15-24)23-31(27,28)22-13-21(30(4,25)26)10-5-17(22)3/h5-10,13,16,19,23H,11-12,14-15H2,1-4H3/t19-/m1/s1. The van der Waals surface area contributed by atoms with Crippen LogP contribution in [0.5, 0.6) is 5.75 Å². The molecule has 0 spiro atoms. The van der Waals surface area contributed by atoms with Gasteiger partial charge in [0.1, 0.15) is 5.75 Å². The predicted molar refractivity (Wildman–Crippen MR) is 120 cm³/mol. The van der Waals surface area contributed by atoms with Gasteiger partial charge in [-0.15, -0.1) is 0 Å². The third kappa shape index (κ3) is 6.29. The van der Waals surface area contributed by atoms with E-state index in [-0.39, 0.29) is 21.9 Å². The van der Waals surface area contributed by atoms with Crippen molar-refractivity contribution in [2.75, 3.05) is 19.3 Å². The van der Waals surface area contributed by atoms with Crippen LogP contribution in [0.15, 0.2) is 52.3 Å². The first-order valence-corrected chi connectivity index (χ1v) is 13.6. The zero-order valence-electron chi connectivity index (χ0n) is 18.3. The summed E-state index contributed by atoms with van der Waals surface area (Å²) in [7, 11) is -7.32. The van der Waals surface area contributed by atoms with E-state index < -0.39 is 19.9 Å². The summed E-state index contributed by atoms with van der Waals surface area (Å²) >= 11 is 0. The fourth-order valence-electron chi connectivity index (χ4n) is 3.66. The topological polar surface area (TPSA) is 92.8 Å². The lowest BCUT2D eigenvalue weighted by molar-refractivity contribution is 0.242. The highest BCUT2D eigenvalue weighted by molar-refractivity contribution is 7.91. The maximum atomic E-state index is 12.9. The first-order chi connectivity index (χ1) is 14.4. The number of rotatable bonds is 8. The molecular formula is C22H30N2O5S2. The lowest BCUT2D eigenvalue weighted by Gasteiger charge is -2.18. The Balaban J connectivity index is 1.64. The Bertz CT molecular complexity index is 1130. The Morgan fingerprint density at radius 1 is 1.10 bits per heavy atom. The fourth-order valence-corrected chi connectivity index (χ4v) is 5.91. The number of likely N-dealkylation sites (tertiary alicyclic amines) is 1. The van der Waals surface area contributed by atoms with Gasteiger partial charge in [0.25, 0.3) is 0 Å². The number of ether oxygens (including phenoxy) is 1. The molecule has 9 heteroatoms. The van der Waals surface area contributed by atoms with E-state index in [0.717, 1.165) is 30.7 Å². The molecule has 0 unspecified atom stereocenters. The molecule has 0 amide bonds. The van der Waals surface area contributed by atoms with Gasteiger partial charge in [0, 0.05) is 31.9 Å². The molecule has 1 heterocycles. The van der Waals surface area contributed by atoms with E-state index in [1.54, 1.807) is 6.92 Å². The highest BCUT2D eigenvalue weighted by atomic mass is 32.2. The van der Waals surface area contributed by atoms with Crippen molar-refractivity contribution in [1.82, 2.24) is 9.62 Å². The molecule has 0 aliphatic carbocycles. The lowest BCUT2D eigenvalue weighted by atomic mass is 10.2. The molecule has 1 aliphatic heterocycles. The van der Waals surface area contributed by atoms with E-state index in [9.17, 15) is 16.8 Å². The molecule has 0 aromatic heterocycles. The number of nitrogens with zero attached hydrogens (tertiary/aromatic N) is 1. The van der Waals surface area contributed by atoms with Crippen LogP contribution in [-0.2, 0) is 26.4 Å². The minimum absolute atomic E-state index is 0.00332. The summed E-state index contributed by atoms with van der Waals surface area (Å²) in [5.41, 5.74) is 1.65. The number of hydrogen-bond acceptors (Lipinski definition) is 6. The van der Waals surface area contributed by atoms with Crippen molar-refractivity contribution in [3.63, 3.8) is 0 Å². The summed E-state index contributed by atoms with van der Waals surface area (Å²) < 4.78 is 58.0. The molecule has 0 saturated carbocycles. The summed E-state index contributed by atoms with van der Waals surface area (Å²) in [6.07, 6.45) is 1.89. The van der Waals surface area contributed by atoms with Crippen LogP contribution >= 0.6 is 0 Å². The van der Waals surface area contributed by atoms with Crippen LogP contribution in [0, 0.1) is 6.92 Å². The second-order valence-electron chi connectivity index (χ2n) is 8.35. The number of benzene rings is 2. The minimum atomic E-state index is -3.83. The van der Waals surface area contributed by atoms with E-state index >= 15 is 0 Å². The monoisotopic (exact) mass is 466 g/mol. The van der Waals surface area contributed by atoms with Crippen LogP contribution in [-0.4, -0.2) is 53.2 Å². The third-order valence-electron chi connectivity index (χ3n) is 5.17. The Labute approximate surface area is 185 Å². The van der Waals surface area contributed by atoms with Crippen molar-refractivity contribution in [3.8, 4) is 5.75 Å². The Kier molecular flexibility index (Phi) is 7.10. The molecule has 0 radical (unpaired) electrons. The van der Waals surface area contributed by atoms with Gasteiger partial charge < -0.3 is 4.74 Å². The molecule has 31 heavy (non-hydrogen) atoms. The van der Waals surface area contributed by atoms with Gasteiger partial charge in [0.05, 0.1) is 15.9 Å². The fraction of sp³-hybridized carbons (Fsp3) is 0.455. The molecular weight excluding hydrogens is 436 g/mol. The zero-order valence-corrected chi connectivity index (χ0v) is 20.0. The molecule has 1 aliphatic rings. The van der Waals surface area contributed by atoms with E-state index in [4.69, 9.17) is 4.74 Å². The van der Waals surface area contributed by atoms with Gasteiger partial charge in [0.2, 0.25) is 10.0 Å². The summed E-state index contributed by atoms with van der Waals surface area (Å²) in [6, 6.07) is 11.9. The largest absolute Gasteiger partial charge is 0.491 e. The Hall–Kier alpha value is -1.94. The van der Waals surface area contributed by atoms with Crippen LogP contribution < -0.4 is 9.46 Å². The number of aryl methyl sites for hydroxylation is 1. The zero-order chi connectivity index (χ0) is 22.8. The maximum Gasteiger partial charge on any atom is 0.241 e. The lowest BCUT2D eigenvalue weighted by Crippen LogP contribution is -2.37. The van der Waals surface area contributed by atoms with E-state index in [2.05, 4.69) is 9.62 Å². The van der Waals surface area contributed by atoms with Gasteiger partial charge in [-0.1, -0.05) is 18.2 Å². The average molecular weight is 467 g/mol. The quantitative estimate of drug-likeness (QED) is 0.643. The number of hydrogen-bond donors (Lipinski definition) is 1. The summed E-state index contributed by atoms with van der Waals surface area (Å²) in [4.78, 5) is 2.21. The molecule has 170 valence electrons. The van der Waals surface area contributed by atoms with Crippen molar-refractivity contribution >= 4 is 19.9 Å². The smallest absolute Gasteiger partial charge is 0.241 e. The Morgan fingerprint density at radius 3 is 2.39 bits per heavy atom. The first kappa shape index (κ1) is 23.7. The molecule has 2 aromatic carbocycles. The normalized spacial score (nSPS) is 17.9. The second kappa shape index (κ2) is 9.28. The van der Waals surface area contributed by atoms with Gasteiger partial charge >= 0.3 is 0 Å². The van der Waals surface area contributed by atoms with E-state index in [1.807, 2.05) is 38.1 Å². The highest BCUT2D eigenvalue weighted by Gasteiger charge is 2.28. The molecule has 2 aromatic rings. The Morgan fingerprint density at radius 2 is 1.77 bits per heavy atom. The minimum Gasteiger partial charge on any atom is -0.491 e. The summed E-state index contributed by atoms with van der Waals surface area (Å²) in [5.74, 6) is 0.831. The molecule has 0 bridgehead atoms. The molecule has 3 rings (SSSR count). The highest BCUT2D eigenvalue weighted by Crippen LogP contribution is 2.22. The third-order valence-corrected chi connectivity index (χ3v) is 7.95. The van der Waals surface area contributed by atoms with Crippen LogP contribution in [0.1, 0.15) is 31.4 Å². The number of sulfone groups is 1. The van der Waals surface area contributed by atoms with Crippen molar-refractivity contribution in [2.45, 2.75) is 55.7 Å². The molecule has 1 N–H and O–H groups in total. The van der Waals surface area contributed by atoms with Crippen molar-refractivity contribution in [3.05, 3.63) is 53.6 Å². The van der Waals surface area contributed by atoms with Gasteiger partial charge in [-0.05, 0) is 62.6 Å². The molecule has 7 nitrogen and oxygen atoms in total. The van der Waals surface area contributed by atoms with Crippen molar-refractivity contribution in [1.29, 1.82) is 0 Å². The van der Waals surface area contributed by atoms with Crippen molar-refractivity contribution < 1.29 is 21.6 Å². The van der Waals surface area contributed by atoms with Gasteiger partial charge in [0.15, 0.2) is 9.84 Å². The summed E-state index contributed by atoms with van der Waals surface area (Å²) in [6.45, 7) is 7.72. The van der Waals surface area contributed by atoms with Gasteiger partial charge in [-0.3, -0.25) is 4.90 Å². The van der Waals surface area contributed by atoms with Crippen LogP contribution in [0.2, 0.25) is 0 Å². The number of sulfonamides is 1.